The van der Waals surface area contributed by atoms with Crippen molar-refractivity contribution in [2.45, 2.75) is 24.9 Å². The van der Waals surface area contributed by atoms with Crippen LogP contribution in [-0.2, 0) is 6.18 Å². The number of hydrogen-bond donors (Lipinski definition) is 2. The van der Waals surface area contributed by atoms with E-state index in [2.05, 4.69) is 25.5 Å². The SMILES string of the molecule is Cl.O=c1cc(C2CCNCC2)n2ncc(-c3noc(-c4cccc(C(F)(F)F)c4)n3)c2[nH]1. The van der Waals surface area contributed by atoms with Gasteiger partial charge in [-0.2, -0.15) is 23.3 Å². The predicted octanol–water partition coefficient (Wildman–Crippen LogP) is 3.65. The van der Waals surface area contributed by atoms with E-state index in [0.717, 1.165) is 43.8 Å². The molecular weight excluding hydrogens is 449 g/mol. The lowest BCUT2D eigenvalue weighted by molar-refractivity contribution is -0.137. The van der Waals surface area contributed by atoms with Crippen molar-refractivity contribution < 1.29 is 17.7 Å². The number of rotatable bonds is 3. The van der Waals surface area contributed by atoms with Crippen LogP contribution in [0.3, 0.4) is 0 Å². The summed E-state index contributed by atoms with van der Waals surface area (Å²) in [6, 6.07) is 6.20. The fourth-order valence-corrected chi connectivity index (χ4v) is 3.86. The molecule has 1 aliphatic rings. The van der Waals surface area contributed by atoms with Crippen LogP contribution in [0.25, 0.3) is 28.5 Å². The largest absolute Gasteiger partial charge is 0.416 e. The number of piperidine rings is 1. The van der Waals surface area contributed by atoms with Gasteiger partial charge < -0.3 is 14.8 Å². The van der Waals surface area contributed by atoms with Crippen LogP contribution >= 0.6 is 12.4 Å². The van der Waals surface area contributed by atoms with E-state index in [1.54, 1.807) is 10.6 Å². The zero-order valence-electron chi connectivity index (χ0n) is 16.5. The first kappa shape index (κ1) is 22.0. The van der Waals surface area contributed by atoms with E-state index in [1.165, 1.54) is 18.3 Å². The molecule has 1 fully saturated rings. The highest BCUT2D eigenvalue weighted by Gasteiger charge is 2.31. The van der Waals surface area contributed by atoms with Crippen molar-refractivity contribution in [1.82, 2.24) is 30.1 Å². The molecule has 0 unspecified atom stereocenters. The Balaban J connectivity index is 0.00000245. The number of nitrogens with zero attached hydrogens (tertiary/aromatic N) is 4. The van der Waals surface area contributed by atoms with Crippen LogP contribution in [0.1, 0.15) is 30.0 Å². The molecule has 1 aliphatic heterocycles. The maximum Gasteiger partial charge on any atom is 0.416 e. The van der Waals surface area contributed by atoms with Gasteiger partial charge in [0.1, 0.15) is 5.65 Å². The molecule has 0 amide bonds. The Bertz CT molecular complexity index is 1310. The number of halogens is 4. The number of aromatic amines is 1. The normalized spacial score (nSPS) is 15.1. The summed E-state index contributed by atoms with van der Waals surface area (Å²) in [5.41, 5.74) is 0.704. The molecular formula is C20H18ClF3N6O2. The van der Waals surface area contributed by atoms with Gasteiger partial charge in [0.15, 0.2) is 0 Å². The van der Waals surface area contributed by atoms with Crippen molar-refractivity contribution >= 4 is 18.1 Å². The molecule has 8 nitrogen and oxygen atoms in total. The van der Waals surface area contributed by atoms with Gasteiger partial charge >= 0.3 is 6.18 Å². The molecule has 1 aromatic carbocycles. The molecule has 32 heavy (non-hydrogen) atoms. The summed E-state index contributed by atoms with van der Waals surface area (Å²) in [6.45, 7) is 1.72. The van der Waals surface area contributed by atoms with Crippen molar-refractivity contribution in [3.63, 3.8) is 0 Å². The molecule has 0 atom stereocenters. The number of hydrogen-bond acceptors (Lipinski definition) is 6. The van der Waals surface area contributed by atoms with Crippen LogP contribution < -0.4 is 10.9 Å². The van der Waals surface area contributed by atoms with E-state index in [9.17, 15) is 18.0 Å². The average Bonchev–Trinajstić information content (AvgIpc) is 3.40. The third-order valence-corrected chi connectivity index (χ3v) is 5.40. The number of nitrogens with one attached hydrogen (secondary N) is 2. The molecule has 1 saturated heterocycles. The van der Waals surface area contributed by atoms with E-state index >= 15 is 0 Å². The fourth-order valence-electron chi connectivity index (χ4n) is 3.86. The van der Waals surface area contributed by atoms with Crippen molar-refractivity contribution in [2.75, 3.05) is 13.1 Å². The van der Waals surface area contributed by atoms with Crippen LogP contribution in [0, 0.1) is 0 Å². The van der Waals surface area contributed by atoms with E-state index in [1.807, 2.05) is 0 Å². The fraction of sp³-hybridized carbons (Fsp3) is 0.300. The Morgan fingerprint density at radius 2 is 1.94 bits per heavy atom. The second-order valence-corrected chi connectivity index (χ2v) is 7.40. The molecule has 0 saturated carbocycles. The number of alkyl halides is 3. The summed E-state index contributed by atoms with van der Waals surface area (Å²) in [4.78, 5) is 19.3. The van der Waals surface area contributed by atoms with Crippen molar-refractivity contribution in [3.8, 4) is 22.8 Å². The molecule has 168 valence electrons. The maximum atomic E-state index is 13.0. The smallest absolute Gasteiger partial charge is 0.334 e. The van der Waals surface area contributed by atoms with E-state index < -0.39 is 11.7 Å². The Hall–Kier alpha value is -3.18. The number of aromatic nitrogens is 5. The minimum atomic E-state index is -4.48. The van der Waals surface area contributed by atoms with Crippen LogP contribution in [0.2, 0.25) is 0 Å². The Morgan fingerprint density at radius 3 is 2.69 bits per heavy atom. The third-order valence-electron chi connectivity index (χ3n) is 5.40. The summed E-state index contributed by atoms with van der Waals surface area (Å²) in [5, 5.41) is 11.6. The Kier molecular flexibility index (Phi) is 5.78. The monoisotopic (exact) mass is 466 g/mol. The van der Waals surface area contributed by atoms with Gasteiger partial charge in [-0.3, -0.25) is 4.79 Å². The number of H-pyrrole nitrogens is 1. The standard InChI is InChI=1S/C20H17F3N6O2.ClH/c21-20(22,23)13-3-1-2-12(8-13)19-27-17(28-31-19)14-10-25-29-15(9-16(30)26-18(14)29)11-4-6-24-7-5-11;/h1-3,8-11,24H,4-7H2,(H,26,30);1H. The zero-order chi connectivity index (χ0) is 21.6. The first-order valence-corrected chi connectivity index (χ1v) is 9.73. The van der Waals surface area contributed by atoms with Crippen LogP contribution in [-0.4, -0.2) is 37.8 Å². The molecule has 5 rings (SSSR count). The van der Waals surface area contributed by atoms with Crippen LogP contribution in [0.15, 0.2) is 45.8 Å². The Morgan fingerprint density at radius 1 is 1.16 bits per heavy atom. The van der Waals surface area contributed by atoms with E-state index in [0.29, 0.717) is 11.2 Å². The summed E-state index contributed by atoms with van der Waals surface area (Å²) in [5.74, 6) is 0.252. The number of fused-ring (bicyclic) bond motifs is 1. The van der Waals surface area contributed by atoms with Crippen molar-refractivity contribution in [1.29, 1.82) is 0 Å². The lowest BCUT2D eigenvalue weighted by Gasteiger charge is -2.23. The van der Waals surface area contributed by atoms with Gasteiger partial charge in [0.05, 0.1) is 23.0 Å². The third kappa shape index (κ3) is 4.00. The maximum absolute atomic E-state index is 13.0. The summed E-state index contributed by atoms with van der Waals surface area (Å²) < 4.78 is 45.9. The molecule has 0 bridgehead atoms. The lowest BCUT2D eigenvalue weighted by Crippen LogP contribution is -2.28. The van der Waals surface area contributed by atoms with Gasteiger partial charge in [0.25, 0.3) is 11.4 Å². The molecule has 4 aromatic rings. The first-order valence-electron chi connectivity index (χ1n) is 9.73. The van der Waals surface area contributed by atoms with Gasteiger partial charge in [-0.05, 0) is 44.1 Å². The topological polar surface area (TPSA) is 101 Å². The molecule has 0 aliphatic carbocycles. The number of benzene rings is 1. The van der Waals surface area contributed by atoms with Gasteiger partial charge in [-0.25, -0.2) is 4.52 Å². The minimum absolute atomic E-state index is 0. The average molecular weight is 467 g/mol. The first-order chi connectivity index (χ1) is 14.9. The molecule has 4 heterocycles. The quantitative estimate of drug-likeness (QED) is 0.478. The highest BCUT2D eigenvalue weighted by atomic mass is 35.5. The van der Waals surface area contributed by atoms with Crippen LogP contribution in [0.4, 0.5) is 13.2 Å². The lowest BCUT2D eigenvalue weighted by atomic mass is 9.94. The highest BCUT2D eigenvalue weighted by molar-refractivity contribution is 5.85. The van der Waals surface area contributed by atoms with Crippen LogP contribution in [0.5, 0.6) is 0 Å². The molecule has 2 N–H and O–H groups in total. The van der Waals surface area contributed by atoms with E-state index in [-0.39, 0.29) is 41.2 Å². The van der Waals surface area contributed by atoms with Crippen molar-refractivity contribution in [3.05, 3.63) is 58.1 Å². The zero-order valence-corrected chi connectivity index (χ0v) is 17.3. The summed E-state index contributed by atoms with van der Waals surface area (Å²) in [7, 11) is 0. The summed E-state index contributed by atoms with van der Waals surface area (Å²) in [6.07, 6.45) is -1.20. The minimum Gasteiger partial charge on any atom is -0.334 e. The predicted molar refractivity (Wildman–Crippen MR) is 112 cm³/mol. The van der Waals surface area contributed by atoms with Crippen molar-refractivity contribution in [2.24, 2.45) is 0 Å². The second-order valence-electron chi connectivity index (χ2n) is 7.40. The molecule has 3 aromatic heterocycles. The molecule has 0 spiro atoms. The van der Waals surface area contributed by atoms with Gasteiger partial charge in [-0.15, -0.1) is 12.4 Å². The Labute approximate surface area is 185 Å². The summed E-state index contributed by atoms with van der Waals surface area (Å²) >= 11 is 0. The molecule has 12 heteroatoms. The molecule has 0 radical (unpaired) electrons. The highest BCUT2D eigenvalue weighted by Crippen LogP contribution is 2.33. The van der Waals surface area contributed by atoms with Gasteiger partial charge in [-0.1, -0.05) is 11.2 Å². The van der Waals surface area contributed by atoms with E-state index in [4.69, 9.17) is 4.52 Å². The van der Waals surface area contributed by atoms with Gasteiger partial charge in [0.2, 0.25) is 5.82 Å². The van der Waals surface area contributed by atoms with Gasteiger partial charge in [0, 0.05) is 17.5 Å². The second kappa shape index (κ2) is 8.40.